The van der Waals surface area contributed by atoms with Gasteiger partial charge in [0.25, 0.3) is 0 Å². The summed E-state index contributed by atoms with van der Waals surface area (Å²) in [6, 6.07) is 8.47. The van der Waals surface area contributed by atoms with Crippen molar-refractivity contribution in [1.82, 2.24) is 5.32 Å². The molecule has 0 aliphatic rings. The smallest absolute Gasteiger partial charge is 0.321 e. The van der Waals surface area contributed by atoms with Crippen LogP contribution in [0, 0.1) is 5.41 Å². The number of hydrogen-bond donors (Lipinski definition) is 2. The number of carboxylic acid groups (broad SMARTS) is 1. The molecule has 0 fully saturated rings. The van der Waals surface area contributed by atoms with Crippen LogP contribution in [-0.4, -0.2) is 30.2 Å². The molecule has 0 bridgehead atoms. The summed E-state index contributed by atoms with van der Waals surface area (Å²) in [5, 5.41) is 11.7. The zero-order chi connectivity index (χ0) is 15.3. The van der Waals surface area contributed by atoms with Crippen LogP contribution < -0.4 is 10.2 Å². The summed E-state index contributed by atoms with van der Waals surface area (Å²) in [7, 11) is 1.66. The van der Waals surface area contributed by atoms with Gasteiger partial charge in [-0.05, 0) is 17.5 Å². The van der Waals surface area contributed by atoms with Crippen molar-refractivity contribution in [3.8, 4) is 0 Å². The van der Waals surface area contributed by atoms with Crippen molar-refractivity contribution in [1.29, 1.82) is 0 Å². The van der Waals surface area contributed by atoms with Crippen molar-refractivity contribution in [2.75, 3.05) is 11.9 Å². The number of carbonyl (C=O) groups excluding carboxylic acids is 1. The van der Waals surface area contributed by atoms with Crippen LogP contribution in [0.15, 0.2) is 30.3 Å². The fraction of sp³-hybridized carbons (Fsp3) is 0.467. The van der Waals surface area contributed by atoms with E-state index in [4.69, 9.17) is 5.11 Å². The highest BCUT2D eigenvalue weighted by Gasteiger charge is 2.29. The van der Waals surface area contributed by atoms with Gasteiger partial charge in [0.05, 0.1) is 6.42 Å². The minimum absolute atomic E-state index is 0.0993. The first kappa shape index (κ1) is 16.0. The van der Waals surface area contributed by atoms with Gasteiger partial charge in [-0.15, -0.1) is 0 Å². The number of benzene rings is 1. The second kappa shape index (κ2) is 6.41. The number of aliphatic carboxylic acids is 1. The minimum atomic E-state index is -0.924. The molecule has 110 valence electrons. The standard InChI is InChI=1S/C15H22N2O3/c1-15(2,3)12(10-13(18)19)16-14(20)17(4)11-8-6-5-7-9-11/h5-9,12H,10H2,1-4H3,(H,16,20)(H,18,19). The summed E-state index contributed by atoms with van der Waals surface area (Å²) in [4.78, 5) is 24.6. The lowest BCUT2D eigenvalue weighted by atomic mass is 9.85. The lowest BCUT2D eigenvalue weighted by molar-refractivity contribution is -0.138. The van der Waals surface area contributed by atoms with Crippen LogP contribution in [0.2, 0.25) is 0 Å². The van der Waals surface area contributed by atoms with Crippen LogP contribution in [0.4, 0.5) is 10.5 Å². The van der Waals surface area contributed by atoms with Gasteiger partial charge in [0.1, 0.15) is 0 Å². The van der Waals surface area contributed by atoms with Crippen LogP contribution in [0.3, 0.4) is 0 Å². The average molecular weight is 278 g/mol. The summed E-state index contributed by atoms with van der Waals surface area (Å²) in [5.41, 5.74) is 0.430. The van der Waals surface area contributed by atoms with Gasteiger partial charge >= 0.3 is 12.0 Å². The predicted octanol–water partition coefficient (Wildman–Crippen LogP) is 2.72. The number of nitrogens with zero attached hydrogens (tertiary/aromatic N) is 1. The predicted molar refractivity (Wildman–Crippen MR) is 78.9 cm³/mol. The molecule has 0 saturated carbocycles. The molecule has 5 heteroatoms. The fourth-order valence-electron chi connectivity index (χ4n) is 1.76. The van der Waals surface area contributed by atoms with Gasteiger partial charge in [-0.25, -0.2) is 4.79 Å². The third-order valence-corrected chi connectivity index (χ3v) is 3.17. The summed E-state index contributed by atoms with van der Waals surface area (Å²) in [5.74, 6) is -0.924. The quantitative estimate of drug-likeness (QED) is 0.889. The Bertz CT molecular complexity index is 466. The fourth-order valence-corrected chi connectivity index (χ4v) is 1.76. The number of rotatable bonds is 4. The van der Waals surface area contributed by atoms with Gasteiger partial charge in [-0.2, -0.15) is 0 Å². The Morgan fingerprint density at radius 2 is 1.80 bits per heavy atom. The van der Waals surface area contributed by atoms with Crippen molar-refractivity contribution < 1.29 is 14.7 Å². The Morgan fingerprint density at radius 1 is 1.25 bits per heavy atom. The average Bonchev–Trinajstić information content (AvgIpc) is 2.36. The van der Waals surface area contributed by atoms with Crippen molar-refractivity contribution in [2.24, 2.45) is 5.41 Å². The van der Waals surface area contributed by atoms with Gasteiger partial charge in [-0.1, -0.05) is 39.0 Å². The highest BCUT2D eigenvalue weighted by molar-refractivity contribution is 5.91. The molecule has 1 aromatic rings. The maximum absolute atomic E-state index is 12.2. The summed E-state index contributed by atoms with van der Waals surface area (Å²) < 4.78 is 0. The number of carbonyl (C=O) groups is 2. The van der Waals surface area contributed by atoms with E-state index in [0.29, 0.717) is 0 Å². The lowest BCUT2D eigenvalue weighted by Crippen LogP contribution is -2.49. The third kappa shape index (κ3) is 4.57. The van der Waals surface area contributed by atoms with E-state index in [1.807, 2.05) is 51.1 Å². The molecule has 0 saturated heterocycles. The molecule has 1 aromatic carbocycles. The van der Waals surface area contributed by atoms with E-state index in [1.165, 1.54) is 4.90 Å². The van der Waals surface area contributed by atoms with Crippen LogP contribution in [0.5, 0.6) is 0 Å². The molecule has 0 radical (unpaired) electrons. The Hall–Kier alpha value is -2.04. The Labute approximate surface area is 119 Å². The van der Waals surface area contributed by atoms with Crippen molar-refractivity contribution >= 4 is 17.7 Å². The van der Waals surface area contributed by atoms with Gasteiger partial charge in [-0.3, -0.25) is 9.69 Å². The second-order valence-corrected chi connectivity index (χ2v) is 5.86. The molecule has 20 heavy (non-hydrogen) atoms. The molecule has 5 nitrogen and oxygen atoms in total. The summed E-state index contributed by atoms with van der Waals surface area (Å²) >= 11 is 0. The van der Waals surface area contributed by atoms with E-state index < -0.39 is 12.0 Å². The lowest BCUT2D eigenvalue weighted by Gasteiger charge is -2.32. The largest absolute Gasteiger partial charge is 0.481 e. The topological polar surface area (TPSA) is 69.6 Å². The molecule has 0 aliphatic heterocycles. The third-order valence-electron chi connectivity index (χ3n) is 3.17. The van der Waals surface area contributed by atoms with Gasteiger partial charge in [0.15, 0.2) is 0 Å². The first-order valence-corrected chi connectivity index (χ1v) is 6.53. The van der Waals surface area contributed by atoms with Gasteiger partial charge < -0.3 is 10.4 Å². The maximum Gasteiger partial charge on any atom is 0.321 e. The first-order chi connectivity index (χ1) is 9.21. The maximum atomic E-state index is 12.2. The van der Waals surface area contributed by atoms with E-state index in [9.17, 15) is 9.59 Å². The van der Waals surface area contributed by atoms with Crippen molar-refractivity contribution in [3.05, 3.63) is 30.3 Å². The highest BCUT2D eigenvalue weighted by Crippen LogP contribution is 2.22. The molecule has 0 heterocycles. The van der Waals surface area contributed by atoms with Crippen molar-refractivity contribution in [3.63, 3.8) is 0 Å². The van der Waals surface area contributed by atoms with E-state index in [1.54, 1.807) is 7.05 Å². The number of carboxylic acids is 1. The van der Waals surface area contributed by atoms with Crippen LogP contribution in [0.1, 0.15) is 27.2 Å². The van der Waals surface area contributed by atoms with Crippen molar-refractivity contribution in [2.45, 2.75) is 33.2 Å². The normalized spacial score (nSPS) is 12.6. The van der Waals surface area contributed by atoms with E-state index >= 15 is 0 Å². The number of anilines is 1. The van der Waals surface area contributed by atoms with E-state index in [0.717, 1.165) is 5.69 Å². The Kier molecular flexibility index (Phi) is 5.13. The van der Waals surface area contributed by atoms with Gasteiger partial charge in [0.2, 0.25) is 0 Å². The zero-order valence-corrected chi connectivity index (χ0v) is 12.4. The molecule has 0 spiro atoms. The molecule has 0 aromatic heterocycles. The molecular formula is C15H22N2O3. The molecule has 2 amide bonds. The first-order valence-electron chi connectivity index (χ1n) is 6.53. The molecule has 1 rings (SSSR count). The summed E-state index contributed by atoms with van der Waals surface area (Å²) in [6.45, 7) is 5.72. The molecule has 0 aliphatic carbocycles. The van der Waals surface area contributed by atoms with Gasteiger partial charge in [0, 0.05) is 18.8 Å². The van der Waals surface area contributed by atoms with Crippen LogP contribution in [0.25, 0.3) is 0 Å². The number of nitrogens with one attached hydrogen (secondary N) is 1. The molecule has 1 atom stereocenters. The molecule has 1 unspecified atom stereocenters. The number of urea groups is 1. The minimum Gasteiger partial charge on any atom is -0.481 e. The monoisotopic (exact) mass is 278 g/mol. The molecular weight excluding hydrogens is 256 g/mol. The zero-order valence-electron chi connectivity index (χ0n) is 12.4. The number of amides is 2. The number of hydrogen-bond acceptors (Lipinski definition) is 2. The Morgan fingerprint density at radius 3 is 2.25 bits per heavy atom. The van der Waals surface area contributed by atoms with E-state index in [2.05, 4.69) is 5.32 Å². The van der Waals surface area contributed by atoms with Crippen LogP contribution >= 0.6 is 0 Å². The second-order valence-electron chi connectivity index (χ2n) is 5.86. The Balaban J connectivity index is 2.78. The number of para-hydroxylation sites is 1. The molecule has 2 N–H and O–H groups in total. The SMILES string of the molecule is CN(C(=O)NC(CC(=O)O)C(C)(C)C)c1ccccc1. The highest BCUT2D eigenvalue weighted by atomic mass is 16.4. The van der Waals surface area contributed by atoms with Crippen LogP contribution in [-0.2, 0) is 4.79 Å². The summed E-state index contributed by atoms with van der Waals surface area (Å²) in [6.07, 6.45) is -0.0993. The van der Waals surface area contributed by atoms with E-state index in [-0.39, 0.29) is 17.9 Å².